The number of ether oxygens (including phenoxy) is 2. The minimum absolute atomic E-state index is 0.00110. The highest BCUT2D eigenvalue weighted by Crippen LogP contribution is 2.11. The summed E-state index contributed by atoms with van der Waals surface area (Å²) < 4.78 is 10.0. The molecule has 3 amide bonds. The normalized spacial score (nSPS) is 10.6. The molecular weight excluding hydrogens is 412 g/mol. The number of hydrogen-bond acceptors (Lipinski definition) is 6. The van der Waals surface area contributed by atoms with E-state index in [1.54, 1.807) is 20.8 Å². The van der Waals surface area contributed by atoms with E-state index in [9.17, 15) is 14.4 Å². The van der Waals surface area contributed by atoms with Gasteiger partial charge in [0.05, 0.1) is 0 Å². The SMILES string of the molecule is C#CCC(CC#C)CC(=O)NCCNC(=O)OC(C)(C)C.CC(C)(C)OC(=O)NCCN. The molecule has 0 aromatic rings. The summed E-state index contributed by atoms with van der Waals surface area (Å²) in [6.07, 6.45) is 10.8. The first-order valence-electron chi connectivity index (χ1n) is 10.5. The van der Waals surface area contributed by atoms with E-state index in [-0.39, 0.29) is 11.8 Å². The number of nitrogens with two attached hydrogens (primary N) is 1. The van der Waals surface area contributed by atoms with Gasteiger partial charge in [-0.25, -0.2) is 9.59 Å². The molecule has 32 heavy (non-hydrogen) atoms. The molecule has 0 fully saturated rings. The Hall–Kier alpha value is -2.91. The maximum Gasteiger partial charge on any atom is 0.407 e. The molecule has 0 aliphatic rings. The number of carbonyl (C=O) groups is 3. The van der Waals surface area contributed by atoms with Crippen molar-refractivity contribution < 1.29 is 23.9 Å². The van der Waals surface area contributed by atoms with Gasteiger partial charge in [0.15, 0.2) is 0 Å². The molecule has 0 aromatic heterocycles. The van der Waals surface area contributed by atoms with Crippen LogP contribution < -0.4 is 21.7 Å². The van der Waals surface area contributed by atoms with E-state index in [2.05, 4.69) is 27.8 Å². The van der Waals surface area contributed by atoms with Crippen LogP contribution in [-0.4, -0.2) is 55.5 Å². The van der Waals surface area contributed by atoms with Crippen LogP contribution in [0.3, 0.4) is 0 Å². The fourth-order valence-corrected chi connectivity index (χ4v) is 2.05. The molecule has 0 heterocycles. The quantitative estimate of drug-likeness (QED) is 0.313. The minimum atomic E-state index is -0.537. The number of carbonyl (C=O) groups excluding carboxylic acids is 3. The molecule has 9 heteroatoms. The van der Waals surface area contributed by atoms with Gasteiger partial charge in [-0.1, -0.05) is 0 Å². The van der Waals surface area contributed by atoms with Crippen LogP contribution in [0.25, 0.3) is 0 Å². The Morgan fingerprint density at radius 3 is 1.59 bits per heavy atom. The molecule has 0 saturated heterocycles. The fraction of sp³-hybridized carbons (Fsp3) is 0.696. The lowest BCUT2D eigenvalue weighted by molar-refractivity contribution is -0.121. The van der Waals surface area contributed by atoms with Crippen LogP contribution in [0.4, 0.5) is 9.59 Å². The third-order valence-corrected chi connectivity index (χ3v) is 3.22. The lowest BCUT2D eigenvalue weighted by Gasteiger charge is -2.19. The molecule has 0 aliphatic carbocycles. The number of alkyl carbamates (subject to hydrolysis) is 2. The number of amides is 3. The third kappa shape index (κ3) is 23.4. The Morgan fingerprint density at radius 1 is 0.812 bits per heavy atom. The molecule has 0 bridgehead atoms. The first-order chi connectivity index (χ1) is 14.7. The van der Waals surface area contributed by atoms with E-state index in [1.165, 1.54) is 0 Å². The Morgan fingerprint density at radius 2 is 1.22 bits per heavy atom. The van der Waals surface area contributed by atoms with Crippen molar-refractivity contribution in [1.29, 1.82) is 0 Å². The summed E-state index contributed by atoms with van der Waals surface area (Å²) in [4.78, 5) is 33.9. The molecule has 0 saturated carbocycles. The number of nitrogens with one attached hydrogen (secondary N) is 3. The van der Waals surface area contributed by atoms with Crippen LogP contribution in [0, 0.1) is 30.6 Å². The second-order valence-corrected chi connectivity index (χ2v) is 8.88. The Labute approximate surface area is 192 Å². The highest BCUT2D eigenvalue weighted by Gasteiger charge is 2.16. The molecule has 0 aromatic carbocycles. The van der Waals surface area contributed by atoms with Gasteiger partial charge in [0.25, 0.3) is 0 Å². The summed E-state index contributed by atoms with van der Waals surface area (Å²) in [5.74, 6) is 4.90. The molecule has 182 valence electrons. The standard InChI is InChI=1S/C16H24N2O3.C7H16N2O2/c1-6-8-13(9-7-2)12-14(19)17-10-11-18-15(20)21-16(3,4)5;1-7(2,3)11-6(10)9-5-4-8/h1-2,13H,8-12H2,3-5H3,(H,17,19)(H,18,20);4-5,8H2,1-3H3,(H,9,10). The number of hydrogen-bond donors (Lipinski definition) is 4. The number of rotatable bonds is 9. The summed E-state index contributed by atoms with van der Waals surface area (Å²) in [6, 6.07) is 0. The Balaban J connectivity index is 0. The highest BCUT2D eigenvalue weighted by molar-refractivity contribution is 5.76. The monoisotopic (exact) mass is 452 g/mol. The van der Waals surface area contributed by atoms with E-state index in [1.807, 2.05) is 20.8 Å². The zero-order valence-corrected chi connectivity index (χ0v) is 20.3. The molecule has 5 N–H and O–H groups in total. The lowest BCUT2D eigenvalue weighted by atomic mass is 9.98. The van der Waals surface area contributed by atoms with Crippen LogP contribution in [0.15, 0.2) is 0 Å². The summed E-state index contributed by atoms with van der Waals surface area (Å²) in [5, 5.41) is 7.76. The first kappa shape index (κ1) is 31.3. The molecule has 0 unspecified atom stereocenters. The fourth-order valence-electron chi connectivity index (χ4n) is 2.05. The molecule has 0 atom stereocenters. The van der Waals surface area contributed by atoms with Crippen molar-refractivity contribution in [1.82, 2.24) is 16.0 Å². The first-order valence-corrected chi connectivity index (χ1v) is 10.5. The summed E-state index contributed by atoms with van der Waals surface area (Å²) in [5.41, 5.74) is 4.20. The zero-order valence-electron chi connectivity index (χ0n) is 20.3. The molecule has 0 spiro atoms. The largest absolute Gasteiger partial charge is 0.444 e. The van der Waals surface area contributed by atoms with Crippen molar-refractivity contribution in [2.45, 2.75) is 72.0 Å². The predicted molar refractivity (Wildman–Crippen MR) is 126 cm³/mol. The van der Waals surface area contributed by atoms with Gasteiger partial charge in [-0.2, -0.15) is 0 Å². The summed E-state index contributed by atoms with van der Waals surface area (Å²) in [7, 11) is 0. The van der Waals surface area contributed by atoms with Crippen LogP contribution in [-0.2, 0) is 14.3 Å². The van der Waals surface area contributed by atoms with E-state index in [0.717, 1.165) is 0 Å². The molecule has 0 aliphatic heterocycles. The Bertz CT molecular complexity index is 635. The van der Waals surface area contributed by atoms with Crippen LogP contribution in [0.5, 0.6) is 0 Å². The average molecular weight is 453 g/mol. The number of terminal acetylenes is 2. The second kappa shape index (κ2) is 16.7. The maximum atomic E-state index is 11.7. The van der Waals surface area contributed by atoms with Crippen molar-refractivity contribution in [2.75, 3.05) is 26.2 Å². The van der Waals surface area contributed by atoms with Gasteiger partial charge in [-0.05, 0) is 47.5 Å². The van der Waals surface area contributed by atoms with E-state index in [0.29, 0.717) is 45.4 Å². The summed E-state index contributed by atoms with van der Waals surface area (Å²) in [6.45, 7) is 12.3. The third-order valence-electron chi connectivity index (χ3n) is 3.22. The topological polar surface area (TPSA) is 132 Å². The average Bonchev–Trinajstić information content (AvgIpc) is 2.62. The maximum absolute atomic E-state index is 11.7. The van der Waals surface area contributed by atoms with Crippen molar-refractivity contribution in [3.63, 3.8) is 0 Å². The van der Waals surface area contributed by atoms with Crippen LogP contribution >= 0.6 is 0 Å². The van der Waals surface area contributed by atoms with Crippen molar-refractivity contribution >= 4 is 18.1 Å². The van der Waals surface area contributed by atoms with Gasteiger partial charge >= 0.3 is 12.2 Å². The molecule has 0 radical (unpaired) electrons. The van der Waals surface area contributed by atoms with E-state index >= 15 is 0 Å². The smallest absolute Gasteiger partial charge is 0.407 e. The van der Waals surface area contributed by atoms with Crippen LogP contribution in [0.1, 0.15) is 60.8 Å². The van der Waals surface area contributed by atoms with E-state index < -0.39 is 23.4 Å². The molecule has 9 nitrogen and oxygen atoms in total. The van der Waals surface area contributed by atoms with Crippen molar-refractivity contribution in [3.8, 4) is 24.7 Å². The zero-order chi connectivity index (χ0) is 25.2. The molecular formula is C23H40N4O5. The molecule has 0 rings (SSSR count). The van der Waals surface area contributed by atoms with Crippen molar-refractivity contribution in [2.24, 2.45) is 11.7 Å². The van der Waals surface area contributed by atoms with Crippen LogP contribution in [0.2, 0.25) is 0 Å². The van der Waals surface area contributed by atoms with Gasteiger partial charge in [-0.3, -0.25) is 4.79 Å². The van der Waals surface area contributed by atoms with Gasteiger partial charge in [0.1, 0.15) is 11.2 Å². The predicted octanol–water partition coefficient (Wildman–Crippen LogP) is 2.15. The summed E-state index contributed by atoms with van der Waals surface area (Å²) >= 11 is 0. The highest BCUT2D eigenvalue weighted by atomic mass is 16.6. The van der Waals surface area contributed by atoms with Gasteiger partial charge in [0, 0.05) is 45.4 Å². The van der Waals surface area contributed by atoms with Gasteiger partial charge in [0.2, 0.25) is 5.91 Å². The van der Waals surface area contributed by atoms with Gasteiger partial charge in [-0.15, -0.1) is 24.7 Å². The lowest BCUT2D eigenvalue weighted by Crippen LogP contribution is -2.38. The van der Waals surface area contributed by atoms with E-state index in [4.69, 9.17) is 28.1 Å². The van der Waals surface area contributed by atoms with Crippen molar-refractivity contribution in [3.05, 3.63) is 0 Å². The van der Waals surface area contributed by atoms with Gasteiger partial charge < -0.3 is 31.2 Å². The Kier molecular flexibility index (Phi) is 16.4. The minimum Gasteiger partial charge on any atom is -0.444 e. The second-order valence-electron chi connectivity index (χ2n) is 8.88.